The van der Waals surface area contributed by atoms with Crippen LogP contribution in [0.15, 0.2) is 0 Å². The molecule has 14 heavy (non-hydrogen) atoms. The zero-order valence-corrected chi connectivity index (χ0v) is 10.8. The molecule has 2 N–H and O–H groups in total. The molecule has 3 heteroatoms. The molecule has 0 saturated heterocycles. The van der Waals surface area contributed by atoms with E-state index in [0.717, 1.165) is 16.4 Å². The number of hydrogen-bond donors (Lipinski definition) is 1. The average Bonchev–Trinajstić information content (AvgIpc) is 2.32. The third-order valence-electron chi connectivity index (χ3n) is 2.17. The molecule has 1 aromatic heterocycles. The summed E-state index contributed by atoms with van der Waals surface area (Å²) in [6.07, 6.45) is 1.03. The number of nitrogen functional groups attached to an aromatic ring is 1. The molecule has 1 heterocycles. The number of halogens is 1. The van der Waals surface area contributed by atoms with Crippen molar-refractivity contribution in [3.05, 3.63) is 14.8 Å². The summed E-state index contributed by atoms with van der Waals surface area (Å²) in [4.78, 5) is 1.35. The van der Waals surface area contributed by atoms with Crippen LogP contribution in [0.5, 0.6) is 0 Å². The largest absolute Gasteiger partial charge is 0.397 e. The minimum absolute atomic E-state index is 0.517. The van der Waals surface area contributed by atoms with Crippen LogP contribution >= 0.6 is 22.9 Å². The molecule has 1 aromatic rings. The smallest absolute Gasteiger partial charge is 0.116 e. The zero-order chi connectivity index (χ0) is 10.9. The highest BCUT2D eigenvalue weighted by atomic mass is 35.5. The van der Waals surface area contributed by atoms with Gasteiger partial charge in [-0.3, -0.25) is 0 Å². The molecule has 0 aliphatic rings. The first-order valence-electron chi connectivity index (χ1n) is 5.00. The Morgan fingerprint density at radius 1 is 1.29 bits per heavy atom. The van der Waals surface area contributed by atoms with E-state index in [-0.39, 0.29) is 0 Å². The Morgan fingerprint density at radius 2 is 1.86 bits per heavy atom. The predicted octanol–water partition coefficient (Wildman–Crippen LogP) is 4.31. The second-order valence-electron chi connectivity index (χ2n) is 4.38. The second kappa shape index (κ2) is 4.54. The van der Waals surface area contributed by atoms with Crippen molar-refractivity contribution >= 4 is 28.6 Å². The van der Waals surface area contributed by atoms with Crippen LogP contribution in [0.2, 0.25) is 4.34 Å². The topological polar surface area (TPSA) is 26.0 Å². The van der Waals surface area contributed by atoms with Gasteiger partial charge in [0.2, 0.25) is 0 Å². The summed E-state index contributed by atoms with van der Waals surface area (Å²) < 4.78 is 0.754. The lowest BCUT2D eigenvalue weighted by atomic mass is 9.98. The van der Waals surface area contributed by atoms with E-state index in [1.54, 1.807) is 11.3 Å². The van der Waals surface area contributed by atoms with Crippen LogP contribution in [-0.4, -0.2) is 0 Å². The van der Waals surface area contributed by atoms with E-state index in [9.17, 15) is 0 Å². The van der Waals surface area contributed by atoms with E-state index in [0.29, 0.717) is 11.8 Å². The van der Waals surface area contributed by atoms with Crippen molar-refractivity contribution < 1.29 is 0 Å². The van der Waals surface area contributed by atoms with Gasteiger partial charge in [0.25, 0.3) is 0 Å². The minimum Gasteiger partial charge on any atom is -0.397 e. The molecule has 80 valence electrons. The van der Waals surface area contributed by atoms with Crippen LogP contribution in [0.3, 0.4) is 0 Å². The van der Waals surface area contributed by atoms with Crippen LogP contribution in [0.1, 0.15) is 44.1 Å². The molecule has 0 aliphatic heterocycles. The van der Waals surface area contributed by atoms with E-state index in [1.165, 1.54) is 10.4 Å². The fraction of sp³-hybridized carbons (Fsp3) is 0.636. The first kappa shape index (κ1) is 11.9. The number of anilines is 1. The van der Waals surface area contributed by atoms with Crippen molar-refractivity contribution in [1.29, 1.82) is 0 Å². The summed E-state index contributed by atoms with van der Waals surface area (Å²) in [5.41, 5.74) is 8.04. The Bertz CT molecular complexity index is 315. The van der Waals surface area contributed by atoms with Gasteiger partial charge in [0.05, 0.1) is 5.69 Å². The molecule has 0 radical (unpaired) electrons. The molecule has 0 unspecified atom stereocenters. The van der Waals surface area contributed by atoms with Crippen molar-refractivity contribution in [2.75, 3.05) is 5.73 Å². The lowest BCUT2D eigenvalue weighted by Crippen LogP contribution is -2.00. The molecule has 1 rings (SSSR count). The molecule has 0 atom stereocenters. The molecular formula is C11H18ClNS. The second-order valence-corrected chi connectivity index (χ2v) is 6.04. The summed E-state index contributed by atoms with van der Waals surface area (Å²) in [5.74, 6) is 1.14. The Hall–Kier alpha value is -0.210. The molecule has 0 amide bonds. The maximum absolute atomic E-state index is 6.06. The number of hydrogen-bond acceptors (Lipinski definition) is 2. The van der Waals surface area contributed by atoms with Gasteiger partial charge < -0.3 is 5.73 Å². The first-order valence-corrected chi connectivity index (χ1v) is 6.19. The van der Waals surface area contributed by atoms with Crippen molar-refractivity contribution in [3.8, 4) is 0 Å². The van der Waals surface area contributed by atoms with Crippen LogP contribution in [0, 0.1) is 5.92 Å². The lowest BCUT2D eigenvalue weighted by Gasteiger charge is -2.09. The Balaban J connectivity index is 3.10. The van der Waals surface area contributed by atoms with Gasteiger partial charge in [0.1, 0.15) is 4.34 Å². The standard InChI is InChI=1S/C11H18ClNS/c1-6(2)5-8-9(13)11(12)14-10(8)7(3)4/h6-7H,5,13H2,1-4H3. The zero-order valence-electron chi connectivity index (χ0n) is 9.23. The molecule has 0 saturated carbocycles. The summed E-state index contributed by atoms with van der Waals surface area (Å²) in [7, 11) is 0. The quantitative estimate of drug-likeness (QED) is 0.825. The maximum atomic E-state index is 6.06. The van der Waals surface area contributed by atoms with Gasteiger partial charge in [-0.25, -0.2) is 0 Å². The van der Waals surface area contributed by atoms with Gasteiger partial charge in [-0.2, -0.15) is 0 Å². The molecule has 0 aromatic carbocycles. The van der Waals surface area contributed by atoms with Gasteiger partial charge in [-0.15, -0.1) is 11.3 Å². The molecule has 0 fully saturated rings. The Morgan fingerprint density at radius 3 is 2.29 bits per heavy atom. The number of thiophene rings is 1. The SMILES string of the molecule is CC(C)Cc1c(C(C)C)sc(Cl)c1N. The molecule has 0 aliphatic carbocycles. The van der Waals surface area contributed by atoms with Crippen molar-refractivity contribution in [3.63, 3.8) is 0 Å². The van der Waals surface area contributed by atoms with Gasteiger partial charge >= 0.3 is 0 Å². The fourth-order valence-corrected chi connectivity index (χ4v) is 2.89. The van der Waals surface area contributed by atoms with Gasteiger partial charge in [-0.05, 0) is 23.8 Å². The van der Waals surface area contributed by atoms with Crippen molar-refractivity contribution in [1.82, 2.24) is 0 Å². The highest BCUT2D eigenvalue weighted by molar-refractivity contribution is 7.17. The minimum atomic E-state index is 0.517. The molecule has 0 spiro atoms. The van der Waals surface area contributed by atoms with Crippen LogP contribution in [0.25, 0.3) is 0 Å². The van der Waals surface area contributed by atoms with Crippen LogP contribution < -0.4 is 5.73 Å². The normalized spacial score (nSPS) is 11.6. The summed E-state index contributed by atoms with van der Waals surface area (Å²) in [6, 6.07) is 0. The lowest BCUT2D eigenvalue weighted by molar-refractivity contribution is 0.643. The van der Waals surface area contributed by atoms with E-state index < -0.39 is 0 Å². The highest BCUT2D eigenvalue weighted by Crippen LogP contribution is 2.40. The first-order chi connectivity index (χ1) is 6.43. The molecular weight excluding hydrogens is 214 g/mol. The molecule has 1 nitrogen and oxygen atoms in total. The number of rotatable bonds is 3. The Labute approximate surface area is 95.3 Å². The average molecular weight is 232 g/mol. The van der Waals surface area contributed by atoms with Crippen LogP contribution in [-0.2, 0) is 6.42 Å². The monoisotopic (exact) mass is 231 g/mol. The van der Waals surface area contributed by atoms with E-state index in [1.807, 2.05) is 0 Å². The third kappa shape index (κ3) is 2.43. The van der Waals surface area contributed by atoms with Crippen LogP contribution in [0.4, 0.5) is 5.69 Å². The van der Waals surface area contributed by atoms with Gasteiger partial charge in [-0.1, -0.05) is 39.3 Å². The summed E-state index contributed by atoms with van der Waals surface area (Å²) in [6.45, 7) is 8.78. The summed E-state index contributed by atoms with van der Waals surface area (Å²) >= 11 is 7.69. The van der Waals surface area contributed by atoms with E-state index in [4.69, 9.17) is 17.3 Å². The Kier molecular flexibility index (Phi) is 3.85. The highest BCUT2D eigenvalue weighted by Gasteiger charge is 2.17. The number of nitrogens with two attached hydrogens (primary N) is 1. The van der Waals surface area contributed by atoms with E-state index in [2.05, 4.69) is 27.7 Å². The summed E-state index contributed by atoms with van der Waals surface area (Å²) in [5, 5.41) is 0. The predicted molar refractivity (Wildman–Crippen MR) is 66.4 cm³/mol. The maximum Gasteiger partial charge on any atom is 0.116 e. The molecule has 0 bridgehead atoms. The van der Waals surface area contributed by atoms with E-state index >= 15 is 0 Å². The van der Waals surface area contributed by atoms with Gasteiger partial charge in [0, 0.05) is 4.88 Å². The van der Waals surface area contributed by atoms with Gasteiger partial charge in [0.15, 0.2) is 0 Å². The van der Waals surface area contributed by atoms with Crippen molar-refractivity contribution in [2.24, 2.45) is 5.92 Å². The van der Waals surface area contributed by atoms with Crippen molar-refractivity contribution in [2.45, 2.75) is 40.0 Å². The third-order valence-corrected chi connectivity index (χ3v) is 3.94. The fourth-order valence-electron chi connectivity index (χ4n) is 1.55.